The van der Waals surface area contributed by atoms with Crippen molar-refractivity contribution in [1.29, 1.82) is 0 Å². The van der Waals surface area contributed by atoms with Crippen LogP contribution in [0.1, 0.15) is 33.1 Å². The number of nitrogens with zero attached hydrogens (tertiary/aromatic N) is 4. The number of hydrogen-bond donors (Lipinski definition) is 5. The molecule has 218 valence electrons. The van der Waals surface area contributed by atoms with Gasteiger partial charge in [0.25, 0.3) is 0 Å². The fourth-order valence-electron chi connectivity index (χ4n) is 4.13. The van der Waals surface area contributed by atoms with E-state index in [0.29, 0.717) is 58.9 Å². The number of carbonyl (C=O) groups is 5. The molecule has 0 aromatic carbocycles. The molecule has 1 rings (SSSR count). The number of carboxylic acid groups (broad SMARTS) is 3. The van der Waals surface area contributed by atoms with Gasteiger partial charge in [-0.3, -0.25) is 43.6 Å². The summed E-state index contributed by atoms with van der Waals surface area (Å²) in [5, 5.41) is 33.3. The van der Waals surface area contributed by atoms with Crippen molar-refractivity contribution in [1.82, 2.24) is 30.2 Å². The summed E-state index contributed by atoms with van der Waals surface area (Å²) in [6.07, 6.45) is 2.91. The van der Waals surface area contributed by atoms with Gasteiger partial charge in [-0.05, 0) is 13.3 Å². The predicted molar refractivity (Wildman–Crippen MR) is 139 cm³/mol. The standard InChI is InChI=1S/C24H44N6O8/c1-3-4-5-6-25-20(31)15-26-24(38)19(2)30-13-11-28(17-22(34)35)9-7-27(16-21(32)33)8-10-29(12-14-30)18-23(36)37/h19H,3-18H2,1-2H3,(H,25,31)(H,26,38)(H,32,33)(H,34,35)(H,36,37). The van der Waals surface area contributed by atoms with Crippen LogP contribution in [-0.4, -0.2) is 156 Å². The van der Waals surface area contributed by atoms with Gasteiger partial charge in [-0.25, -0.2) is 0 Å². The van der Waals surface area contributed by atoms with Gasteiger partial charge in [0.2, 0.25) is 11.8 Å². The largest absolute Gasteiger partial charge is 0.480 e. The van der Waals surface area contributed by atoms with E-state index in [-0.39, 0.29) is 38.0 Å². The summed E-state index contributed by atoms with van der Waals surface area (Å²) < 4.78 is 0. The molecule has 2 amide bonds. The Morgan fingerprint density at radius 3 is 1.50 bits per heavy atom. The number of unbranched alkanes of at least 4 members (excludes halogenated alkanes) is 2. The quantitative estimate of drug-likeness (QED) is 0.156. The fraction of sp³-hybridized carbons (Fsp3) is 0.792. The van der Waals surface area contributed by atoms with Crippen molar-refractivity contribution in [3.8, 4) is 0 Å². The summed E-state index contributed by atoms with van der Waals surface area (Å²) in [6.45, 7) is 5.89. The average Bonchev–Trinajstić information content (AvgIpc) is 2.83. The minimum atomic E-state index is -1.02. The zero-order chi connectivity index (χ0) is 28.5. The summed E-state index contributed by atoms with van der Waals surface area (Å²) >= 11 is 0. The molecular weight excluding hydrogens is 500 g/mol. The van der Waals surface area contributed by atoms with Crippen molar-refractivity contribution in [3.05, 3.63) is 0 Å². The van der Waals surface area contributed by atoms with Crippen LogP contribution in [0.5, 0.6) is 0 Å². The number of carbonyl (C=O) groups excluding carboxylic acids is 2. The molecule has 1 aliphatic heterocycles. The van der Waals surface area contributed by atoms with Crippen molar-refractivity contribution in [2.75, 3.05) is 85.1 Å². The van der Waals surface area contributed by atoms with Gasteiger partial charge in [-0.2, -0.15) is 0 Å². The van der Waals surface area contributed by atoms with Gasteiger partial charge < -0.3 is 26.0 Å². The highest BCUT2D eigenvalue weighted by atomic mass is 16.4. The van der Waals surface area contributed by atoms with Gasteiger partial charge >= 0.3 is 17.9 Å². The molecule has 5 N–H and O–H groups in total. The van der Waals surface area contributed by atoms with Gasteiger partial charge in [-0.15, -0.1) is 0 Å². The SMILES string of the molecule is CCCCCNC(=O)CNC(=O)C(C)N1CCN(CC(=O)O)CCN(CC(=O)O)CCN(CC(=O)O)CC1. The van der Waals surface area contributed by atoms with Crippen LogP contribution < -0.4 is 10.6 Å². The highest BCUT2D eigenvalue weighted by Crippen LogP contribution is 2.05. The summed E-state index contributed by atoms with van der Waals surface area (Å²) in [4.78, 5) is 65.9. The van der Waals surface area contributed by atoms with Crippen LogP contribution in [-0.2, 0) is 24.0 Å². The van der Waals surface area contributed by atoms with E-state index in [9.17, 15) is 39.3 Å². The second-order valence-electron chi connectivity index (χ2n) is 9.50. The number of nitrogens with one attached hydrogen (secondary N) is 2. The van der Waals surface area contributed by atoms with E-state index in [1.807, 2.05) is 4.90 Å². The van der Waals surface area contributed by atoms with E-state index in [1.54, 1.807) is 21.6 Å². The third-order valence-corrected chi connectivity index (χ3v) is 6.40. The van der Waals surface area contributed by atoms with E-state index in [0.717, 1.165) is 19.3 Å². The zero-order valence-electron chi connectivity index (χ0n) is 22.6. The van der Waals surface area contributed by atoms with Gasteiger partial charge in [0.05, 0.1) is 32.2 Å². The Morgan fingerprint density at radius 1 is 0.684 bits per heavy atom. The maximum absolute atomic E-state index is 12.9. The van der Waals surface area contributed by atoms with Crippen molar-refractivity contribution in [2.24, 2.45) is 0 Å². The lowest BCUT2D eigenvalue weighted by molar-refractivity contribution is -0.140. The highest BCUT2D eigenvalue weighted by Gasteiger charge is 2.25. The average molecular weight is 545 g/mol. The normalized spacial score (nSPS) is 18.1. The minimum Gasteiger partial charge on any atom is -0.480 e. The first-order valence-electron chi connectivity index (χ1n) is 13.1. The molecule has 0 aromatic rings. The molecule has 1 atom stereocenters. The maximum atomic E-state index is 12.9. The Labute approximate surface area is 223 Å². The van der Waals surface area contributed by atoms with Crippen molar-refractivity contribution in [2.45, 2.75) is 39.2 Å². The Balaban J connectivity index is 2.90. The van der Waals surface area contributed by atoms with Crippen molar-refractivity contribution >= 4 is 29.7 Å². The van der Waals surface area contributed by atoms with Gasteiger partial charge in [0.1, 0.15) is 0 Å². The van der Waals surface area contributed by atoms with E-state index in [2.05, 4.69) is 17.6 Å². The number of hydrogen-bond acceptors (Lipinski definition) is 9. The minimum absolute atomic E-state index is 0.154. The molecule has 0 aromatic heterocycles. The molecule has 14 nitrogen and oxygen atoms in total. The Bertz CT molecular complexity index is 751. The van der Waals surface area contributed by atoms with Gasteiger partial charge in [0, 0.05) is 58.9 Å². The van der Waals surface area contributed by atoms with E-state index < -0.39 is 23.9 Å². The van der Waals surface area contributed by atoms with Gasteiger partial charge in [-0.1, -0.05) is 19.8 Å². The van der Waals surface area contributed by atoms with E-state index >= 15 is 0 Å². The number of carboxylic acids is 3. The molecule has 14 heteroatoms. The monoisotopic (exact) mass is 544 g/mol. The summed E-state index contributed by atoms with van der Waals surface area (Å²) in [5.74, 6) is -3.69. The summed E-state index contributed by atoms with van der Waals surface area (Å²) in [6, 6.07) is -0.646. The van der Waals surface area contributed by atoms with Crippen LogP contribution in [0.2, 0.25) is 0 Å². The molecule has 1 aliphatic rings. The topological polar surface area (TPSA) is 183 Å². The van der Waals surface area contributed by atoms with Crippen molar-refractivity contribution in [3.63, 3.8) is 0 Å². The first kappa shape index (κ1) is 33.2. The molecule has 38 heavy (non-hydrogen) atoms. The van der Waals surface area contributed by atoms with Crippen molar-refractivity contribution < 1.29 is 39.3 Å². The molecule has 0 aliphatic carbocycles. The lowest BCUT2D eigenvalue weighted by Gasteiger charge is -2.35. The first-order valence-corrected chi connectivity index (χ1v) is 13.1. The molecule has 0 saturated carbocycles. The Morgan fingerprint density at radius 2 is 1.11 bits per heavy atom. The number of aliphatic carboxylic acids is 3. The third kappa shape index (κ3) is 14.8. The molecule has 0 bridgehead atoms. The van der Waals surface area contributed by atoms with Crippen LogP contribution in [0.25, 0.3) is 0 Å². The second kappa shape index (κ2) is 18.4. The molecule has 1 saturated heterocycles. The number of rotatable bonds is 14. The zero-order valence-corrected chi connectivity index (χ0v) is 22.6. The predicted octanol–water partition coefficient (Wildman–Crippen LogP) is -1.73. The maximum Gasteiger partial charge on any atom is 0.317 e. The Kier molecular flexibility index (Phi) is 16.1. The number of amides is 2. The summed E-state index contributed by atoms with van der Waals surface area (Å²) in [7, 11) is 0. The smallest absolute Gasteiger partial charge is 0.317 e. The molecule has 1 unspecified atom stereocenters. The van der Waals surface area contributed by atoms with Gasteiger partial charge in [0.15, 0.2) is 0 Å². The fourth-order valence-corrected chi connectivity index (χ4v) is 4.13. The van der Waals surface area contributed by atoms with E-state index in [1.165, 1.54) is 0 Å². The van der Waals surface area contributed by atoms with Crippen LogP contribution in [0.3, 0.4) is 0 Å². The Hall–Kier alpha value is -2.81. The molecule has 1 fully saturated rings. The molecule has 0 radical (unpaired) electrons. The van der Waals surface area contributed by atoms with Crippen LogP contribution in [0.15, 0.2) is 0 Å². The third-order valence-electron chi connectivity index (χ3n) is 6.40. The summed E-state index contributed by atoms with van der Waals surface area (Å²) in [5.41, 5.74) is 0. The first-order chi connectivity index (χ1) is 18.0. The highest BCUT2D eigenvalue weighted by molar-refractivity contribution is 5.87. The molecule has 0 spiro atoms. The van der Waals surface area contributed by atoms with E-state index in [4.69, 9.17) is 0 Å². The second-order valence-corrected chi connectivity index (χ2v) is 9.50. The van der Waals surface area contributed by atoms with Crippen LogP contribution in [0, 0.1) is 0 Å². The van der Waals surface area contributed by atoms with Crippen LogP contribution >= 0.6 is 0 Å². The van der Waals surface area contributed by atoms with Crippen LogP contribution in [0.4, 0.5) is 0 Å². The molecular formula is C24H44N6O8. The lowest BCUT2D eigenvalue weighted by atomic mass is 10.2. The molecule has 1 heterocycles. The lowest BCUT2D eigenvalue weighted by Crippen LogP contribution is -2.53.